The smallest absolute Gasteiger partial charge is 0.373 e. The Bertz CT molecular complexity index is 534. The van der Waals surface area contributed by atoms with Crippen LogP contribution >= 0.6 is 0 Å². The largest absolute Gasteiger partial charge is 0.463 e. The third-order valence-corrected chi connectivity index (χ3v) is 3.63. The fourth-order valence-corrected chi connectivity index (χ4v) is 2.81. The summed E-state index contributed by atoms with van der Waals surface area (Å²) in [5.74, 6) is 0.187. The molecule has 0 saturated heterocycles. The van der Waals surface area contributed by atoms with Gasteiger partial charge in [0.25, 0.3) is 0 Å². The van der Waals surface area contributed by atoms with Crippen molar-refractivity contribution in [2.45, 2.75) is 25.9 Å². The summed E-state index contributed by atoms with van der Waals surface area (Å²) in [5.41, 5.74) is 0. The zero-order chi connectivity index (χ0) is 14.6. The first-order chi connectivity index (χ1) is 8.73. The monoisotopic (exact) mass is 289 g/mol. The van der Waals surface area contributed by atoms with Crippen LogP contribution in [0.4, 0.5) is 0 Å². The molecule has 1 aromatic heterocycles. The Kier molecular flexibility index (Phi) is 5.13. The van der Waals surface area contributed by atoms with E-state index in [-0.39, 0.29) is 23.6 Å². The summed E-state index contributed by atoms with van der Waals surface area (Å²) in [6.45, 7) is 3.61. The predicted molar refractivity (Wildman–Crippen MR) is 70.8 cm³/mol. The van der Waals surface area contributed by atoms with E-state index in [1.807, 2.05) is 6.92 Å². The minimum absolute atomic E-state index is 0.0436. The van der Waals surface area contributed by atoms with Gasteiger partial charge in [0.05, 0.1) is 18.9 Å². The van der Waals surface area contributed by atoms with Crippen LogP contribution in [0.15, 0.2) is 16.5 Å². The van der Waals surface area contributed by atoms with Crippen molar-refractivity contribution in [2.24, 2.45) is 0 Å². The number of rotatable bonds is 6. The van der Waals surface area contributed by atoms with Crippen LogP contribution in [0, 0.1) is 0 Å². The third kappa shape index (κ3) is 5.04. The summed E-state index contributed by atoms with van der Waals surface area (Å²) in [6.07, 6.45) is 1.19. The van der Waals surface area contributed by atoms with E-state index in [1.54, 1.807) is 13.0 Å². The van der Waals surface area contributed by atoms with Crippen molar-refractivity contribution in [3.05, 3.63) is 23.7 Å². The molecule has 0 aromatic carbocycles. The van der Waals surface area contributed by atoms with Crippen LogP contribution in [0.5, 0.6) is 0 Å². The van der Waals surface area contributed by atoms with E-state index < -0.39 is 15.8 Å². The van der Waals surface area contributed by atoms with Gasteiger partial charge in [-0.15, -0.1) is 0 Å². The Labute approximate surface area is 113 Å². The molecule has 0 bridgehead atoms. The zero-order valence-corrected chi connectivity index (χ0v) is 12.3. The third-order valence-electron chi connectivity index (χ3n) is 2.53. The molecule has 1 heterocycles. The van der Waals surface area contributed by atoms with Crippen LogP contribution in [-0.2, 0) is 14.6 Å². The van der Waals surface area contributed by atoms with E-state index in [2.05, 4.69) is 10.1 Å². The van der Waals surface area contributed by atoms with Gasteiger partial charge in [-0.25, -0.2) is 13.2 Å². The van der Waals surface area contributed by atoms with Gasteiger partial charge in [-0.2, -0.15) is 0 Å². The lowest BCUT2D eigenvalue weighted by atomic mass is 10.2. The number of furan rings is 1. The fourth-order valence-electron chi connectivity index (χ4n) is 1.81. The number of hydrogen-bond donors (Lipinski definition) is 1. The fraction of sp³-hybridized carbons (Fsp3) is 0.583. The van der Waals surface area contributed by atoms with Crippen molar-refractivity contribution in [1.82, 2.24) is 5.32 Å². The number of carbonyl (C=O) groups excluding carboxylic acids is 1. The van der Waals surface area contributed by atoms with Gasteiger partial charge < -0.3 is 14.5 Å². The van der Waals surface area contributed by atoms with E-state index in [0.717, 1.165) is 0 Å². The summed E-state index contributed by atoms with van der Waals surface area (Å²) in [6, 6.07) is 2.78. The van der Waals surface area contributed by atoms with Crippen LogP contribution in [0.25, 0.3) is 0 Å². The highest BCUT2D eigenvalue weighted by molar-refractivity contribution is 7.90. The van der Waals surface area contributed by atoms with Gasteiger partial charge in [0.1, 0.15) is 15.6 Å². The molecule has 19 heavy (non-hydrogen) atoms. The first-order valence-electron chi connectivity index (χ1n) is 5.84. The molecule has 1 N–H and O–H groups in total. The molecule has 0 fully saturated rings. The maximum absolute atomic E-state index is 11.2. The highest BCUT2D eigenvalue weighted by Gasteiger charge is 2.18. The molecule has 0 saturated carbocycles. The lowest BCUT2D eigenvalue weighted by molar-refractivity contribution is 0.0562. The van der Waals surface area contributed by atoms with Gasteiger partial charge in [0.15, 0.2) is 0 Å². The number of carbonyl (C=O) groups is 1. The van der Waals surface area contributed by atoms with Crippen LogP contribution in [0.1, 0.15) is 36.2 Å². The molecule has 2 unspecified atom stereocenters. The average molecular weight is 289 g/mol. The summed E-state index contributed by atoms with van der Waals surface area (Å²) >= 11 is 0. The van der Waals surface area contributed by atoms with Gasteiger partial charge in [0, 0.05) is 12.3 Å². The van der Waals surface area contributed by atoms with Gasteiger partial charge in [-0.3, -0.25) is 0 Å². The van der Waals surface area contributed by atoms with Crippen LogP contribution < -0.4 is 5.32 Å². The molecule has 0 aliphatic heterocycles. The Balaban J connectivity index is 2.65. The number of ether oxygens (including phenoxy) is 1. The number of methoxy groups -OCH3 is 1. The standard InChI is InChI=1S/C12H19NO5S/c1-8(7-19(4,15)16)13-9(2)10-5-6-11(18-10)12(14)17-3/h5-6,8-9,13H,7H2,1-4H3. The molecule has 0 aliphatic rings. The van der Waals surface area contributed by atoms with Crippen molar-refractivity contribution in [3.63, 3.8) is 0 Å². The number of hydrogen-bond acceptors (Lipinski definition) is 6. The van der Waals surface area contributed by atoms with Crippen LogP contribution in [-0.4, -0.2) is 39.5 Å². The first kappa shape index (κ1) is 15.7. The summed E-state index contributed by atoms with van der Waals surface area (Å²) < 4.78 is 32.2. The van der Waals surface area contributed by atoms with Gasteiger partial charge >= 0.3 is 5.97 Å². The van der Waals surface area contributed by atoms with E-state index in [0.29, 0.717) is 5.76 Å². The van der Waals surface area contributed by atoms with Crippen LogP contribution in [0.3, 0.4) is 0 Å². The molecule has 0 aliphatic carbocycles. The molecule has 0 radical (unpaired) electrons. The Hall–Kier alpha value is -1.34. The Morgan fingerprint density at radius 3 is 2.58 bits per heavy atom. The van der Waals surface area contributed by atoms with E-state index >= 15 is 0 Å². The summed E-state index contributed by atoms with van der Waals surface area (Å²) in [5, 5.41) is 3.10. The molecule has 6 nitrogen and oxygen atoms in total. The molecule has 1 aromatic rings. The van der Waals surface area contributed by atoms with Crippen LogP contribution in [0.2, 0.25) is 0 Å². The Morgan fingerprint density at radius 2 is 2.05 bits per heavy atom. The molecule has 108 valence electrons. The Morgan fingerprint density at radius 1 is 1.42 bits per heavy atom. The molecule has 0 spiro atoms. The van der Waals surface area contributed by atoms with Gasteiger partial charge in [-0.05, 0) is 26.0 Å². The molecule has 7 heteroatoms. The lowest BCUT2D eigenvalue weighted by Gasteiger charge is -2.17. The zero-order valence-electron chi connectivity index (χ0n) is 11.5. The second-order valence-electron chi connectivity index (χ2n) is 4.58. The predicted octanol–water partition coefficient (Wildman–Crippen LogP) is 1.15. The quantitative estimate of drug-likeness (QED) is 0.791. The molecule has 0 amide bonds. The van der Waals surface area contributed by atoms with Gasteiger partial charge in [0.2, 0.25) is 5.76 Å². The summed E-state index contributed by atoms with van der Waals surface area (Å²) in [4.78, 5) is 11.2. The second kappa shape index (κ2) is 6.21. The highest BCUT2D eigenvalue weighted by atomic mass is 32.2. The maximum atomic E-state index is 11.2. The van der Waals surface area contributed by atoms with Crippen molar-refractivity contribution < 1.29 is 22.4 Å². The number of esters is 1. The van der Waals surface area contributed by atoms with Crippen molar-refractivity contribution in [2.75, 3.05) is 19.1 Å². The number of sulfone groups is 1. The number of nitrogens with one attached hydrogen (secondary N) is 1. The summed E-state index contributed by atoms with van der Waals surface area (Å²) in [7, 11) is -1.75. The molecule has 2 atom stereocenters. The average Bonchev–Trinajstić information content (AvgIpc) is 2.74. The molecular formula is C12H19NO5S. The van der Waals surface area contributed by atoms with Crippen molar-refractivity contribution in [1.29, 1.82) is 0 Å². The van der Waals surface area contributed by atoms with E-state index in [9.17, 15) is 13.2 Å². The lowest BCUT2D eigenvalue weighted by Crippen LogP contribution is -2.34. The first-order valence-corrected chi connectivity index (χ1v) is 7.91. The topological polar surface area (TPSA) is 85.6 Å². The minimum atomic E-state index is -3.03. The normalized spacial score (nSPS) is 14.9. The highest BCUT2D eigenvalue weighted by Crippen LogP contribution is 2.17. The molecule has 1 rings (SSSR count). The second-order valence-corrected chi connectivity index (χ2v) is 6.76. The van der Waals surface area contributed by atoms with Crippen molar-refractivity contribution in [3.8, 4) is 0 Å². The maximum Gasteiger partial charge on any atom is 0.373 e. The SMILES string of the molecule is COC(=O)c1ccc(C(C)NC(C)CS(C)(=O)=O)o1. The van der Waals surface area contributed by atoms with E-state index in [1.165, 1.54) is 19.4 Å². The minimum Gasteiger partial charge on any atom is -0.463 e. The van der Waals surface area contributed by atoms with Gasteiger partial charge in [-0.1, -0.05) is 0 Å². The van der Waals surface area contributed by atoms with Crippen molar-refractivity contribution >= 4 is 15.8 Å². The van der Waals surface area contributed by atoms with E-state index in [4.69, 9.17) is 4.42 Å². The molecular weight excluding hydrogens is 270 g/mol.